The van der Waals surface area contributed by atoms with Crippen LogP contribution in [0.25, 0.3) is 21.7 Å². The third-order valence-electron chi connectivity index (χ3n) is 4.84. The number of benzene rings is 1. The van der Waals surface area contributed by atoms with Gasteiger partial charge in [0, 0.05) is 30.0 Å². The topological polar surface area (TPSA) is 81.9 Å². The molecule has 0 spiro atoms. The molecule has 146 valence electrons. The van der Waals surface area contributed by atoms with Crippen LogP contribution in [0, 0.1) is 25.2 Å². The van der Waals surface area contributed by atoms with E-state index in [1.54, 1.807) is 6.07 Å². The van der Waals surface area contributed by atoms with Gasteiger partial charge < -0.3 is 4.90 Å². The number of carbonyl (C=O) groups excluding carboxylic acids is 1. The lowest BCUT2D eigenvalue weighted by molar-refractivity contribution is 0.222. The van der Waals surface area contributed by atoms with Gasteiger partial charge in [-0.25, -0.2) is 9.78 Å². The molecule has 2 amide bonds. The number of hydrogen-bond acceptors (Lipinski definition) is 5. The van der Waals surface area contributed by atoms with Gasteiger partial charge >= 0.3 is 6.03 Å². The number of likely N-dealkylation sites (tertiary alicyclic amines) is 1. The molecule has 6 nitrogen and oxygen atoms in total. The SMILES string of the molecule is Cc1cc(-c2sc(NC(=O)N3CCCC3)nc2-c2cccc(C#N)c2)cc(C)n1. The monoisotopic (exact) mass is 403 g/mol. The summed E-state index contributed by atoms with van der Waals surface area (Å²) in [5.74, 6) is 0. The van der Waals surface area contributed by atoms with E-state index in [0.717, 1.165) is 59.0 Å². The zero-order valence-corrected chi connectivity index (χ0v) is 17.2. The first kappa shape index (κ1) is 19.1. The molecule has 1 aliphatic heterocycles. The first-order chi connectivity index (χ1) is 14.0. The summed E-state index contributed by atoms with van der Waals surface area (Å²) in [6.07, 6.45) is 2.08. The number of rotatable bonds is 3. The number of nitriles is 1. The van der Waals surface area contributed by atoms with Gasteiger partial charge in [0.25, 0.3) is 0 Å². The fourth-order valence-electron chi connectivity index (χ4n) is 3.56. The molecule has 1 N–H and O–H groups in total. The normalized spacial score (nSPS) is 13.3. The van der Waals surface area contributed by atoms with Crippen LogP contribution in [0.5, 0.6) is 0 Å². The van der Waals surface area contributed by atoms with E-state index in [4.69, 9.17) is 4.98 Å². The highest BCUT2D eigenvalue weighted by Gasteiger charge is 2.21. The summed E-state index contributed by atoms with van der Waals surface area (Å²) in [6, 6.07) is 13.5. The third kappa shape index (κ3) is 4.13. The molecule has 0 unspecified atom stereocenters. The van der Waals surface area contributed by atoms with Crippen LogP contribution in [0.2, 0.25) is 0 Å². The predicted octanol–water partition coefficient (Wildman–Crippen LogP) is 4.99. The Hall–Kier alpha value is -3.24. The molecule has 1 fully saturated rings. The molecule has 1 saturated heterocycles. The van der Waals surface area contributed by atoms with Gasteiger partial charge in [-0.05, 0) is 56.5 Å². The van der Waals surface area contributed by atoms with Gasteiger partial charge in [-0.2, -0.15) is 5.26 Å². The van der Waals surface area contributed by atoms with Crippen molar-refractivity contribution in [2.45, 2.75) is 26.7 Å². The summed E-state index contributed by atoms with van der Waals surface area (Å²) < 4.78 is 0. The molecule has 0 saturated carbocycles. The minimum absolute atomic E-state index is 0.109. The van der Waals surface area contributed by atoms with Gasteiger partial charge in [0.15, 0.2) is 5.13 Å². The molecule has 0 aliphatic carbocycles. The number of pyridine rings is 1. The van der Waals surface area contributed by atoms with E-state index in [1.807, 2.05) is 49.1 Å². The molecule has 0 radical (unpaired) electrons. The first-order valence-corrected chi connectivity index (χ1v) is 10.4. The Morgan fingerprint density at radius 3 is 2.52 bits per heavy atom. The standard InChI is InChI=1S/C22H21N5OS/c1-14-10-18(11-15(2)24-14)20-19(17-7-5-6-16(12-17)13-23)25-21(29-20)26-22(28)27-8-3-4-9-27/h5-7,10-12H,3-4,8-9H2,1-2H3,(H,25,26,28). The number of nitrogens with one attached hydrogen (secondary N) is 1. The van der Waals surface area contributed by atoms with Crippen molar-refractivity contribution in [1.82, 2.24) is 14.9 Å². The Labute approximate surface area is 173 Å². The minimum atomic E-state index is -0.109. The lowest BCUT2D eigenvalue weighted by Crippen LogP contribution is -2.32. The lowest BCUT2D eigenvalue weighted by atomic mass is 10.0. The summed E-state index contributed by atoms with van der Waals surface area (Å²) in [5, 5.41) is 12.8. The molecular formula is C22H21N5OS. The quantitative estimate of drug-likeness (QED) is 0.668. The van der Waals surface area contributed by atoms with E-state index in [1.165, 1.54) is 11.3 Å². The predicted molar refractivity (Wildman–Crippen MR) is 115 cm³/mol. The van der Waals surface area contributed by atoms with Crippen LogP contribution in [0.3, 0.4) is 0 Å². The molecule has 29 heavy (non-hydrogen) atoms. The maximum atomic E-state index is 12.5. The van der Waals surface area contributed by atoms with Crippen LogP contribution in [0.1, 0.15) is 29.8 Å². The Morgan fingerprint density at radius 2 is 1.83 bits per heavy atom. The highest BCUT2D eigenvalue weighted by molar-refractivity contribution is 7.19. The van der Waals surface area contributed by atoms with Crippen molar-refractivity contribution in [3.8, 4) is 27.8 Å². The molecule has 1 aromatic carbocycles. The van der Waals surface area contributed by atoms with Crippen molar-refractivity contribution >= 4 is 22.5 Å². The molecule has 7 heteroatoms. The lowest BCUT2D eigenvalue weighted by Gasteiger charge is -2.14. The summed E-state index contributed by atoms with van der Waals surface area (Å²) in [6.45, 7) is 5.49. The van der Waals surface area contributed by atoms with Crippen molar-refractivity contribution in [2.75, 3.05) is 18.4 Å². The van der Waals surface area contributed by atoms with Crippen molar-refractivity contribution < 1.29 is 4.79 Å². The molecule has 2 aromatic heterocycles. The zero-order chi connectivity index (χ0) is 20.4. The van der Waals surface area contributed by atoms with Gasteiger partial charge in [-0.15, -0.1) is 0 Å². The van der Waals surface area contributed by atoms with Crippen LogP contribution < -0.4 is 5.32 Å². The summed E-state index contributed by atoms with van der Waals surface area (Å²) in [5.41, 5.74) is 5.04. The van der Waals surface area contributed by atoms with Gasteiger partial charge in [0.05, 0.1) is 22.2 Å². The number of carbonyl (C=O) groups is 1. The molecule has 3 aromatic rings. The minimum Gasteiger partial charge on any atom is -0.324 e. The highest BCUT2D eigenvalue weighted by atomic mass is 32.1. The van der Waals surface area contributed by atoms with Crippen LogP contribution in [-0.2, 0) is 0 Å². The maximum absolute atomic E-state index is 12.5. The summed E-state index contributed by atoms with van der Waals surface area (Å²) in [4.78, 5) is 24.5. The molecule has 3 heterocycles. The Morgan fingerprint density at radius 1 is 1.10 bits per heavy atom. The van der Waals surface area contributed by atoms with Crippen LogP contribution in [0.15, 0.2) is 36.4 Å². The molecule has 1 aliphatic rings. The van der Waals surface area contributed by atoms with E-state index in [2.05, 4.69) is 16.4 Å². The Bertz CT molecular complexity index is 1090. The smallest absolute Gasteiger partial charge is 0.323 e. The zero-order valence-electron chi connectivity index (χ0n) is 16.4. The number of thiazole rings is 1. The first-order valence-electron chi connectivity index (χ1n) is 9.56. The molecule has 0 atom stereocenters. The maximum Gasteiger partial charge on any atom is 0.323 e. The highest BCUT2D eigenvalue weighted by Crippen LogP contribution is 2.39. The fourth-order valence-corrected chi connectivity index (χ4v) is 4.52. The van der Waals surface area contributed by atoms with E-state index < -0.39 is 0 Å². The average Bonchev–Trinajstić information content (AvgIpc) is 3.37. The number of aromatic nitrogens is 2. The van der Waals surface area contributed by atoms with Gasteiger partial charge in [0.1, 0.15) is 0 Å². The average molecular weight is 404 g/mol. The number of aryl methyl sites for hydroxylation is 2. The molecule has 0 bridgehead atoms. The molecular weight excluding hydrogens is 382 g/mol. The Balaban J connectivity index is 1.77. The summed E-state index contributed by atoms with van der Waals surface area (Å²) in [7, 11) is 0. The number of urea groups is 1. The van der Waals surface area contributed by atoms with E-state index in [9.17, 15) is 10.1 Å². The van der Waals surface area contributed by atoms with Crippen molar-refractivity contribution in [3.63, 3.8) is 0 Å². The van der Waals surface area contributed by atoms with Crippen molar-refractivity contribution in [3.05, 3.63) is 53.3 Å². The van der Waals surface area contributed by atoms with Gasteiger partial charge in [-0.1, -0.05) is 23.5 Å². The van der Waals surface area contributed by atoms with Crippen molar-refractivity contribution in [1.29, 1.82) is 5.26 Å². The second-order valence-electron chi connectivity index (χ2n) is 7.15. The van der Waals surface area contributed by atoms with Gasteiger partial charge in [0.2, 0.25) is 0 Å². The summed E-state index contributed by atoms with van der Waals surface area (Å²) >= 11 is 1.45. The number of hydrogen-bond donors (Lipinski definition) is 1. The van der Waals surface area contributed by atoms with Crippen LogP contribution in [-0.4, -0.2) is 34.0 Å². The third-order valence-corrected chi connectivity index (χ3v) is 5.86. The van der Waals surface area contributed by atoms with E-state index in [-0.39, 0.29) is 6.03 Å². The number of anilines is 1. The Kier molecular flexibility index (Phi) is 5.28. The second-order valence-corrected chi connectivity index (χ2v) is 8.15. The van der Waals surface area contributed by atoms with Crippen LogP contribution >= 0.6 is 11.3 Å². The van der Waals surface area contributed by atoms with E-state index >= 15 is 0 Å². The largest absolute Gasteiger partial charge is 0.324 e. The van der Waals surface area contributed by atoms with Crippen molar-refractivity contribution in [2.24, 2.45) is 0 Å². The van der Waals surface area contributed by atoms with Crippen LogP contribution in [0.4, 0.5) is 9.93 Å². The number of amides is 2. The van der Waals surface area contributed by atoms with E-state index in [0.29, 0.717) is 10.7 Å². The molecule has 4 rings (SSSR count). The second kappa shape index (κ2) is 8.02. The van der Waals surface area contributed by atoms with Gasteiger partial charge in [-0.3, -0.25) is 10.3 Å². The number of nitrogens with zero attached hydrogens (tertiary/aromatic N) is 4. The fraction of sp³-hybridized carbons (Fsp3) is 0.273.